The molecule has 1 fully saturated rings. The summed E-state index contributed by atoms with van der Waals surface area (Å²) in [4.78, 5) is 14.3. The van der Waals surface area contributed by atoms with Crippen LogP contribution in [-0.2, 0) is 4.74 Å². The van der Waals surface area contributed by atoms with E-state index in [4.69, 9.17) is 4.74 Å². The highest BCUT2D eigenvalue weighted by Gasteiger charge is 2.18. The number of rotatable bonds is 4. The molecule has 3 nitrogen and oxygen atoms in total. The second-order valence-electron chi connectivity index (χ2n) is 7.10. The fourth-order valence-electron chi connectivity index (χ4n) is 3.33. The summed E-state index contributed by atoms with van der Waals surface area (Å²) in [6, 6.07) is 14.5. The first-order chi connectivity index (χ1) is 12.5. The maximum atomic E-state index is 12.5. The van der Waals surface area contributed by atoms with Gasteiger partial charge in [0.2, 0.25) is 0 Å². The molecule has 136 valence electrons. The van der Waals surface area contributed by atoms with Crippen LogP contribution in [0.2, 0.25) is 0 Å². The van der Waals surface area contributed by atoms with Gasteiger partial charge in [-0.1, -0.05) is 60.5 Å². The average molecular weight is 349 g/mol. The zero-order chi connectivity index (χ0) is 18.5. The molecule has 1 amide bonds. The predicted molar refractivity (Wildman–Crippen MR) is 107 cm³/mol. The third-order valence-electron chi connectivity index (χ3n) is 4.80. The van der Waals surface area contributed by atoms with E-state index in [0.717, 1.165) is 11.1 Å². The normalized spacial score (nSPS) is 16.0. The van der Waals surface area contributed by atoms with Crippen molar-refractivity contribution in [3.8, 4) is 0 Å². The van der Waals surface area contributed by atoms with Crippen molar-refractivity contribution in [1.29, 1.82) is 0 Å². The highest BCUT2D eigenvalue weighted by atomic mass is 16.5. The molecule has 0 bridgehead atoms. The summed E-state index contributed by atoms with van der Waals surface area (Å²) in [7, 11) is 0. The standard InChI is InChI=1S/C23H27NO2/c1-17-14-18(2)16-22(15-17)19(3)4-5-20-6-8-21(9-7-20)23(25)24-10-12-26-13-11-24/h4-9,14-16,19H,10-13H2,1-3H3/b5-4+. The lowest BCUT2D eigenvalue weighted by atomic mass is 9.96. The van der Waals surface area contributed by atoms with Crippen molar-refractivity contribution in [3.05, 3.63) is 76.4 Å². The van der Waals surface area contributed by atoms with Gasteiger partial charge in [0.05, 0.1) is 13.2 Å². The summed E-state index contributed by atoms with van der Waals surface area (Å²) in [5, 5.41) is 0. The molecular weight excluding hydrogens is 322 g/mol. The van der Waals surface area contributed by atoms with Crippen LogP contribution in [0.25, 0.3) is 6.08 Å². The molecule has 2 aromatic rings. The number of aryl methyl sites for hydroxylation is 2. The van der Waals surface area contributed by atoms with Crippen LogP contribution in [0.1, 0.15) is 45.5 Å². The molecule has 0 aliphatic carbocycles. The monoisotopic (exact) mass is 349 g/mol. The number of carbonyl (C=O) groups excluding carboxylic acids is 1. The van der Waals surface area contributed by atoms with Gasteiger partial charge in [0.15, 0.2) is 0 Å². The fourth-order valence-corrected chi connectivity index (χ4v) is 3.33. The lowest BCUT2D eigenvalue weighted by molar-refractivity contribution is 0.0303. The third-order valence-corrected chi connectivity index (χ3v) is 4.80. The second-order valence-corrected chi connectivity index (χ2v) is 7.10. The Morgan fingerprint density at radius 1 is 1.04 bits per heavy atom. The molecule has 2 aromatic carbocycles. The topological polar surface area (TPSA) is 29.5 Å². The minimum absolute atomic E-state index is 0.0902. The highest BCUT2D eigenvalue weighted by molar-refractivity contribution is 5.94. The number of allylic oxidation sites excluding steroid dienone is 1. The van der Waals surface area contributed by atoms with Gasteiger partial charge >= 0.3 is 0 Å². The first-order valence-electron chi connectivity index (χ1n) is 9.26. The van der Waals surface area contributed by atoms with Gasteiger partial charge in [0.1, 0.15) is 0 Å². The van der Waals surface area contributed by atoms with Crippen LogP contribution in [-0.4, -0.2) is 37.1 Å². The van der Waals surface area contributed by atoms with E-state index >= 15 is 0 Å². The van der Waals surface area contributed by atoms with E-state index < -0.39 is 0 Å². The minimum atomic E-state index is 0.0902. The molecule has 0 radical (unpaired) electrons. The molecule has 1 heterocycles. The Kier molecular flexibility index (Phi) is 5.89. The van der Waals surface area contributed by atoms with Gasteiger partial charge in [-0.3, -0.25) is 4.79 Å². The van der Waals surface area contributed by atoms with Crippen molar-refractivity contribution < 1.29 is 9.53 Å². The van der Waals surface area contributed by atoms with Crippen molar-refractivity contribution in [2.24, 2.45) is 0 Å². The molecule has 1 unspecified atom stereocenters. The number of carbonyl (C=O) groups is 1. The fraction of sp³-hybridized carbons (Fsp3) is 0.348. The number of ether oxygens (including phenoxy) is 1. The molecule has 3 rings (SSSR count). The molecule has 1 aliphatic heterocycles. The van der Waals surface area contributed by atoms with E-state index in [1.165, 1.54) is 16.7 Å². The SMILES string of the molecule is Cc1cc(C)cc(C(C)/C=C/c2ccc(C(=O)N3CCOCC3)cc2)c1. The maximum Gasteiger partial charge on any atom is 0.254 e. The van der Waals surface area contributed by atoms with Crippen LogP contribution in [0.15, 0.2) is 48.5 Å². The van der Waals surface area contributed by atoms with Gasteiger partial charge < -0.3 is 9.64 Å². The van der Waals surface area contributed by atoms with Crippen LogP contribution in [0.3, 0.4) is 0 Å². The molecule has 0 saturated carbocycles. The zero-order valence-corrected chi connectivity index (χ0v) is 15.9. The summed E-state index contributed by atoms with van der Waals surface area (Å²) in [5.41, 5.74) is 5.78. The molecule has 1 aliphatic rings. The Morgan fingerprint density at radius 3 is 2.27 bits per heavy atom. The number of hydrogen-bond acceptors (Lipinski definition) is 2. The van der Waals surface area contributed by atoms with E-state index in [9.17, 15) is 4.79 Å². The van der Waals surface area contributed by atoms with Crippen molar-refractivity contribution in [1.82, 2.24) is 4.90 Å². The molecule has 1 saturated heterocycles. The lowest BCUT2D eigenvalue weighted by Crippen LogP contribution is -2.40. The smallest absolute Gasteiger partial charge is 0.254 e. The summed E-state index contributed by atoms with van der Waals surface area (Å²) in [5.74, 6) is 0.440. The summed E-state index contributed by atoms with van der Waals surface area (Å²) in [6.45, 7) is 9.09. The molecule has 1 atom stereocenters. The van der Waals surface area contributed by atoms with Gasteiger partial charge in [-0.25, -0.2) is 0 Å². The van der Waals surface area contributed by atoms with Crippen LogP contribution >= 0.6 is 0 Å². The third kappa shape index (κ3) is 4.61. The van der Waals surface area contributed by atoms with E-state index in [1.807, 2.05) is 29.2 Å². The highest BCUT2D eigenvalue weighted by Crippen LogP contribution is 2.21. The number of benzene rings is 2. The van der Waals surface area contributed by atoms with Gasteiger partial charge in [-0.05, 0) is 43.0 Å². The Labute approximate surface area is 156 Å². The second kappa shape index (κ2) is 8.33. The summed E-state index contributed by atoms with van der Waals surface area (Å²) in [6.07, 6.45) is 4.35. The Hall–Kier alpha value is -2.39. The van der Waals surface area contributed by atoms with Crippen LogP contribution < -0.4 is 0 Å². The van der Waals surface area contributed by atoms with Gasteiger partial charge in [-0.15, -0.1) is 0 Å². The minimum Gasteiger partial charge on any atom is -0.378 e. The van der Waals surface area contributed by atoms with Gasteiger partial charge in [0, 0.05) is 18.7 Å². The van der Waals surface area contributed by atoms with E-state index in [-0.39, 0.29) is 5.91 Å². The number of hydrogen-bond donors (Lipinski definition) is 0. The largest absolute Gasteiger partial charge is 0.378 e. The number of amides is 1. The average Bonchev–Trinajstić information content (AvgIpc) is 2.66. The Bertz CT molecular complexity index is 766. The summed E-state index contributed by atoms with van der Waals surface area (Å²) >= 11 is 0. The molecule has 0 aromatic heterocycles. The summed E-state index contributed by atoms with van der Waals surface area (Å²) < 4.78 is 5.31. The van der Waals surface area contributed by atoms with Crippen molar-refractivity contribution >= 4 is 12.0 Å². The molecule has 0 N–H and O–H groups in total. The molecule has 3 heteroatoms. The van der Waals surface area contributed by atoms with Crippen molar-refractivity contribution in [2.45, 2.75) is 26.7 Å². The van der Waals surface area contributed by atoms with Crippen LogP contribution in [0.4, 0.5) is 0 Å². The lowest BCUT2D eigenvalue weighted by Gasteiger charge is -2.26. The van der Waals surface area contributed by atoms with Gasteiger partial charge in [0.25, 0.3) is 5.91 Å². The predicted octanol–water partition coefficient (Wildman–Crippen LogP) is 4.59. The van der Waals surface area contributed by atoms with Crippen LogP contribution in [0, 0.1) is 13.8 Å². The van der Waals surface area contributed by atoms with E-state index in [2.05, 4.69) is 51.1 Å². The Balaban J connectivity index is 1.66. The van der Waals surface area contributed by atoms with Crippen LogP contribution in [0.5, 0.6) is 0 Å². The molecular formula is C23H27NO2. The first-order valence-corrected chi connectivity index (χ1v) is 9.26. The molecule has 26 heavy (non-hydrogen) atoms. The zero-order valence-electron chi connectivity index (χ0n) is 15.9. The van der Waals surface area contributed by atoms with Crippen molar-refractivity contribution in [2.75, 3.05) is 26.3 Å². The first kappa shape index (κ1) is 18.4. The van der Waals surface area contributed by atoms with Crippen molar-refractivity contribution in [3.63, 3.8) is 0 Å². The molecule has 0 spiro atoms. The maximum absolute atomic E-state index is 12.5. The number of morpholine rings is 1. The number of nitrogens with zero attached hydrogens (tertiary/aromatic N) is 1. The van der Waals surface area contributed by atoms with Gasteiger partial charge in [-0.2, -0.15) is 0 Å². The van der Waals surface area contributed by atoms with E-state index in [0.29, 0.717) is 32.2 Å². The quantitative estimate of drug-likeness (QED) is 0.808. The Morgan fingerprint density at radius 2 is 1.65 bits per heavy atom. The van der Waals surface area contributed by atoms with E-state index in [1.54, 1.807) is 0 Å².